The van der Waals surface area contributed by atoms with Crippen LogP contribution in [0.4, 0.5) is 0 Å². The van der Waals surface area contributed by atoms with E-state index in [0.29, 0.717) is 29.3 Å². The number of esters is 1. The van der Waals surface area contributed by atoms with E-state index in [2.05, 4.69) is 5.10 Å². The summed E-state index contributed by atoms with van der Waals surface area (Å²) in [7, 11) is 1.33. The number of methoxy groups -OCH3 is 1. The van der Waals surface area contributed by atoms with E-state index in [4.69, 9.17) is 21.1 Å². The number of halogens is 1. The predicted octanol–water partition coefficient (Wildman–Crippen LogP) is 3.31. The van der Waals surface area contributed by atoms with E-state index in [1.54, 1.807) is 40.0 Å². The van der Waals surface area contributed by atoms with Crippen molar-refractivity contribution in [2.75, 3.05) is 7.11 Å². The molecule has 4 rings (SSSR count). The van der Waals surface area contributed by atoms with Crippen LogP contribution < -0.4 is 4.74 Å². The van der Waals surface area contributed by atoms with Gasteiger partial charge in [-0.05, 0) is 29.3 Å². The molecule has 154 valence electrons. The molecule has 1 aromatic heterocycles. The molecule has 30 heavy (non-hydrogen) atoms. The summed E-state index contributed by atoms with van der Waals surface area (Å²) in [6.45, 7) is 0.498. The van der Waals surface area contributed by atoms with Crippen molar-refractivity contribution >= 4 is 23.5 Å². The van der Waals surface area contributed by atoms with Crippen LogP contribution in [-0.4, -0.2) is 39.7 Å². The highest BCUT2D eigenvalue weighted by Gasteiger charge is 2.35. The summed E-state index contributed by atoms with van der Waals surface area (Å²) in [5.74, 6) is -0.173. The highest BCUT2D eigenvalue weighted by atomic mass is 35.5. The molecule has 0 radical (unpaired) electrons. The number of hydrogen-bond donors (Lipinski definition) is 0. The summed E-state index contributed by atoms with van der Waals surface area (Å²) in [6, 6.07) is 14.0. The van der Waals surface area contributed by atoms with Gasteiger partial charge in [0.2, 0.25) is 0 Å². The molecule has 7 nitrogen and oxygen atoms in total. The Bertz CT molecular complexity index is 1080. The lowest BCUT2D eigenvalue weighted by atomic mass is 9.93. The zero-order valence-electron chi connectivity index (χ0n) is 16.3. The second kappa shape index (κ2) is 8.59. The lowest BCUT2D eigenvalue weighted by Crippen LogP contribution is -2.49. The van der Waals surface area contributed by atoms with Crippen molar-refractivity contribution in [1.82, 2.24) is 14.7 Å². The van der Waals surface area contributed by atoms with Crippen molar-refractivity contribution in [3.8, 4) is 5.75 Å². The van der Waals surface area contributed by atoms with Gasteiger partial charge in [0.25, 0.3) is 5.91 Å². The van der Waals surface area contributed by atoms with Gasteiger partial charge in [0.05, 0.1) is 18.3 Å². The molecule has 3 aromatic rings. The number of fused-ring (bicyclic) bond motifs is 1. The van der Waals surface area contributed by atoms with E-state index in [0.717, 1.165) is 11.1 Å². The maximum Gasteiger partial charge on any atom is 0.328 e. The van der Waals surface area contributed by atoms with Crippen LogP contribution >= 0.6 is 11.6 Å². The molecule has 1 aliphatic heterocycles. The van der Waals surface area contributed by atoms with Crippen molar-refractivity contribution in [3.05, 3.63) is 82.6 Å². The number of aromatic nitrogens is 2. The fraction of sp³-hybridized carbons (Fsp3) is 0.227. The summed E-state index contributed by atoms with van der Waals surface area (Å²) < 4.78 is 12.2. The minimum Gasteiger partial charge on any atom is -0.471 e. The number of rotatable bonds is 5. The fourth-order valence-corrected chi connectivity index (χ4v) is 3.67. The largest absolute Gasteiger partial charge is 0.471 e. The average molecular weight is 426 g/mol. The highest BCUT2D eigenvalue weighted by molar-refractivity contribution is 6.30. The Morgan fingerprint density at radius 2 is 1.97 bits per heavy atom. The first-order valence-corrected chi connectivity index (χ1v) is 9.79. The zero-order chi connectivity index (χ0) is 21.1. The van der Waals surface area contributed by atoms with Crippen LogP contribution in [0.2, 0.25) is 5.02 Å². The first-order valence-electron chi connectivity index (χ1n) is 9.41. The Kier molecular flexibility index (Phi) is 5.72. The number of hydrogen-bond acceptors (Lipinski definition) is 5. The minimum absolute atomic E-state index is 0.159. The van der Waals surface area contributed by atoms with Crippen molar-refractivity contribution in [3.63, 3.8) is 0 Å². The van der Waals surface area contributed by atoms with Gasteiger partial charge < -0.3 is 14.4 Å². The topological polar surface area (TPSA) is 73.7 Å². The molecule has 1 unspecified atom stereocenters. The van der Waals surface area contributed by atoms with Crippen LogP contribution in [0.15, 0.2) is 60.9 Å². The van der Waals surface area contributed by atoms with Crippen molar-refractivity contribution in [2.24, 2.45) is 0 Å². The number of ether oxygens (including phenoxy) is 2. The lowest BCUT2D eigenvalue weighted by molar-refractivity contribution is -0.146. The maximum atomic E-state index is 13.3. The molecule has 0 fully saturated rings. The number of carbonyl (C=O) groups excluding carboxylic acids is 2. The van der Waals surface area contributed by atoms with E-state index in [-0.39, 0.29) is 12.6 Å². The molecular formula is C22H20ClN3O4. The van der Waals surface area contributed by atoms with Crippen LogP contribution in [0.3, 0.4) is 0 Å². The molecule has 0 N–H and O–H groups in total. The van der Waals surface area contributed by atoms with Gasteiger partial charge in [0.1, 0.15) is 11.8 Å². The van der Waals surface area contributed by atoms with Crippen LogP contribution in [0, 0.1) is 0 Å². The SMILES string of the molecule is COC(=O)C1Cc2ccccc2CN1C(=O)c1cccc(OCn2cc(Cl)cn2)c1. The monoisotopic (exact) mass is 425 g/mol. The van der Waals surface area contributed by atoms with Crippen LogP contribution in [0.1, 0.15) is 21.5 Å². The molecule has 0 aliphatic carbocycles. The third-order valence-corrected chi connectivity index (χ3v) is 5.22. The van der Waals surface area contributed by atoms with Crippen LogP contribution in [0.25, 0.3) is 0 Å². The fourth-order valence-electron chi connectivity index (χ4n) is 3.52. The standard InChI is InChI=1S/C22H20ClN3O4/c1-29-22(28)20-10-15-5-2-3-6-17(15)12-26(20)21(27)16-7-4-8-19(9-16)30-14-25-13-18(23)11-24-25/h2-9,11,13,20H,10,12,14H2,1H3. The number of carbonyl (C=O) groups is 2. The van der Waals surface area contributed by atoms with E-state index in [1.165, 1.54) is 13.3 Å². The number of benzene rings is 2. The van der Waals surface area contributed by atoms with Gasteiger partial charge in [-0.2, -0.15) is 5.10 Å². The summed E-state index contributed by atoms with van der Waals surface area (Å²) in [5.41, 5.74) is 2.50. The van der Waals surface area contributed by atoms with Gasteiger partial charge in [-0.3, -0.25) is 4.79 Å². The van der Waals surface area contributed by atoms with Gasteiger partial charge in [0.15, 0.2) is 6.73 Å². The van der Waals surface area contributed by atoms with Crippen molar-refractivity contribution in [2.45, 2.75) is 25.7 Å². The van der Waals surface area contributed by atoms with Crippen molar-refractivity contribution < 1.29 is 19.1 Å². The predicted molar refractivity (Wildman–Crippen MR) is 110 cm³/mol. The zero-order valence-corrected chi connectivity index (χ0v) is 17.1. The Morgan fingerprint density at radius 3 is 2.70 bits per heavy atom. The summed E-state index contributed by atoms with van der Waals surface area (Å²) in [4.78, 5) is 27.2. The molecule has 0 bridgehead atoms. The normalized spacial score (nSPS) is 15.4. The molecule has 2 heterocycles. The maximum absolute atomic E-state index is 13.3. The molecule has 1 amide bonds. The summed E-state index contributed by atoms with van der Waals surface area (Å²) in [6.07, 6.45) is 3.58. The molecule has 0 saturated heterocycles. The van der Waals surface area contributed by atoms with Gasteiger partial charge in [-0.15, -0.1) is 0 Å². The molecule has 2 aromatic carbocycles. The average Bonchev–Trinajstić information content (AvgIpc) is 3.21. The third kappa shape index (κ3) is 4.16. The first-order chi connectivity index (χ1) is 14.5. The second-order valence-corrected chi connectivity index (χ2v) is 7.38. The van der Waals surface area contributed by atoms with Crippen LogP contribution in [-0.2, 0) is 29.2 Å². The van der Waals surface area contributed by atoms with E-state index in [1.807, 2.05) is 24.3 Å². The Hall–Kier alpha value is -3.32. The van der Waals surface area contributed by atoms with Gasteiger partial charge in [-0.1, -0.05) is 41.9 Å². The van der Waals surface area contributed by atoms with Crippen LogP contribution in [0.5, 0.6) is 5.75 Å². The molecular weight excluding hydrogens is 406 g/mol. The molecule has 1 aliphatic rings. The van der Waals surface area contributed by atoms with Gasteiger partial charge in [-0.25, -0.2) is 9.48 Å². The summed E-state index contributed by atoms with van der Waals surface area (Å²) >= 11 is 5.86. The minimum atomic E-state index is -0.673. The molecule has 8 heteroatoms. The van der Waals surface area contributed by atoms with Gasteiger partial charge >= 0.3 is 5.97 Å². The Labute approximate surface area is 178 Å². The summed E-state index contributed by atoms with van der Waals surface area (Å²) in [5, 5.41) is 4.57. The Morgan fingerprint density at radius 1 is 1.17 bits per heavy atom. The highest BCUT2D eigenvalue weighted by Crippen LogP contribution is 2.26. The lowest BCUT2D eigenvalue weighted by Gasteiger charge is -2.35. The second-order valence-electron chi connectivity index (χ2n) is 6.94. The molecule has 0 saturated carbocycles. The molecule has 0 spiro atoms. The smallest absolute Gasteiger partial charge is 0.328 e. The van der Waals surface area contributed by atoms with E-state index in [9.17, 15) is 9.59 Å². The number of nitrogens with zero attached hydrogens (tertiary/aromatic N) is 3. The Balaban J connectivity index is 1.55. The van der Waals surface area contributed by atoms with Crippen molar-refractivity contribution in [1.29, 1.82) is 0 Å². The molecule has 1 atom stereocenters. The first kappa shape index (κ1) is 20.0. The number of amides is 1. The van der Waals surface area contributed by atoms with Gasteiger partial charge in [0, 0.05) is 24.7 Å². The third-order valence-electron chi connectivity index (χ3n) is 5.03. The van der Waals surface area contributed by atoms with E-state index >= 15 is 0 Å². The van der Waals surface area contributed by atoms with E-state index < -0.39 is 12.0 Å². The quantitative estimate of drug-likeness (QED) is 0.586.